The monoisotopic (exact) mass is 257 g/mol. The van der Waals surface area contributed by atoms with Gasteiger partial charge in [-0.15, -0.1) is 0 Å². The number of aryl methyl sites for hydroxylation is 1. The van der Waals surface area contributed by atoms with Crippen LogP contribution in [0.25, 0.3) is 0 Å². The molecule has 1 N–H and O–H groups in total. The standard InChI is InChI=1S/C14H15N3O2/c1-3-10-4-6-11(7-5-10)16-14-15-9-8-12(17-14)13(18)19-2/h4-9H,3H2,1-2H3,(H,15,16,17). The second-order valence-electron chi connectivity index (χ2n) is 3.93. The number of esters is 1. The number of hydrogen-bond donors (Lipinski definition) is 1. The highest BCUT2D eigenvalue weighted by molar-refractivity contribution is 5.87. The molecule has 1 aromatic heterocycles. The van der Waals surface area contributed by atoms with Gasteiger partial charge in [0.2, 0.25) is 5.95 Å². The molecule has 19 heavy (non-hydrogen) atoms. The lowest BCUT2D eigenvalue weighted by Crippen LogP contribution is -2.07. The van der Waals surface area contributed by atoms with Gasteiger partial charge in [0.05, 0.1) is 7.11 Å². The maximum atomic E-state index is 11.4. The fourth-order valence-electron chi connectivity index (χ4n) is 1.59. The zero-order valence-corrected chi connectivity index (χ0v) is 10.9. The van der Waals surface area contributed by atoms with Crippen LogP contribution in [0, 0.1) is 0 Å². The van der Waals surface area contributed by atoms with E-state index < -0.39 is 5.97 Å². The van der Waals surface area contributed by atoms with Crippen LogP contribution in [0.1, 0.15) is 23.0 Å². The molecule has 0 aliphatic rings. The Morgan fingerprint density at radius 2 is 2.00 bits per heavy atom. The van der Waals surface area contributed by atoms with Crippen LogP contribution >= 0.6 is 0 Å². The van der Waals surface area contributed by atoms with Gasteiger partial charge in [-0.2, -0.15) is 0 Å². The van der Waals surface area contributed by atoms with Crippen LogP contribution in [-0.2, 0) is 11.2 Å². The molecule has 0 fully saturated rings. The minimum absolute atomic E-state index is 0.227. The quantitative estimate of drug-likeness (QED) is 0.853. The summed E-state index contributed by atoms with van der Waals surface area (Å²) in [4.78, 5) is 19.5. The predicted molar refractivity (Wildman–Crippen MR) is 72.5 cm³/mol. The Bertz CT molecular complexity index is 567. The van der Waals surface area contributed by atoms with E-state index in [9.17, 15) is 4.79 Å². The number of anilines is 2. The lowest BCUT2D eigenvalue weighted by Gasteiger charge is -2.06. The summed E-state index contributed by atoms with van der Waals surface area (Å²) in [5.41, 5.74) is 2.36. The van der Waals surface area contributed by atoms with Crippen LogP contribution in [0.5, 0.6) is 0 Å². The molecule has 0 amide bonds. The minimum atomic E-state index is -0.480. The Morgan fingerprint density at radius 3 is 2.63 bits per heavy atom. The molecule has 98 valence electrons. The summed E-state index contributed by atoms with van der Waals surface area (Å²) < 4.78 is 4.61. The average Bonchev–Trinajstić information content (AvgIpc) is 2.47. The molecule has 0 saturated carbocycles. The van der Waals surface area contributed by atoms with Crippen LogP contribution in [-0.4, -0.2) is 23.0 Å². The first kappa shape index (κ1) is 13.0. The molecule has 0 unspecified atom stereocenters. The van der Waals surface area contributed by atoms with E-state index in [1.54, 1.807) is 0 Å². The number of aromatic nitrogens is 2. The topological polar surface area (TPSA) is 64.1 Å². The SMILES string of the molecule is CCc1ccc(Nc2nccc(C(=O)OC)n2)cc1. The molecule has 0 saturated heterocycles. The van der Waals surface area contributed by atoms with E-state index in [0.29, 0.717) is 5.95 Å². The first-order valence-electron chi connectivity index (χ1n) is 6.00. The van der Waals surface area contributed by atoms with Crippen molar-refractivity contribution in [1.82, 2.24) is 9.97 Å². The van der Waals surface area contributed by atoms with Crippen LogP contribution < -0.4 is 5.32 Å². The molecule has 2 aromatic rings. The van der Waals surface area contributed by atoms with Crippen LogP contribution in [0.2, 0.25) is 0 Å². The van der Waals surface area contributed by atoms with Crippen LogP contribution in [0.4, 0.5) is 11.6 Å². The Hall–Kier alpha value is -2.43. The van der Waals surface area contributed by atoms with E-state index in [-0.39, 0.29) is 5.69 Å². The van der Waals surface area contributed by atoms with Crippen molar-refractivity contribution in [2.75, 3.05) is 12.4 Å². The van der Waals surface area contributed by atoms with Gasteiger partial charge in [-0.25, -0.2) is 14.8 Å². The minimum Gasteiger partial charge on any atom is -0.464 e. The molecule has 0 radical (unpaired) electrons. The van der Waals surface area contributed by atoms with Gasteiger partial charge in [-0.3, -0.25) is 0 Å². The van der Waals surface area contributed by atoms with E-state index in [2.05, 4.69) is 26.9 Å². The predicted octanol–water partition coefficient (Wildman–Crippen LogP) is 2.57. The summed E-state index contributed by atoms with van der Waals surface area (Å²) >= 11 is 0. The number of nitrogens with one attached hydrogen (secondary N) is 1. The zero-order chi connectivity index (χ0) is 13.7. The van der Waals surface area contributed by atoms with E-state index in [0.717, 1.165) is 12.1 Å². The van der Waals surface area contributed by atoms with Crippen molar-refractivity contribution in [3.8, 4) is 0 Å². The number of methoxy groups -OCH3 is 1. The van der Waals surface area contributed by atoms with Crippen LogP contribution in [0.15, 0.2) is 36.5 Å². The molecule has 2 rings (SSSR count). The maximum absolute atomic E-state index is 11.4. The molecule has 5 heteroatoms. The molecule has 0 spiro atoms. The first-order chi connectivity index (χ1) is 9.22. The highest BCUT2D eigenvalue weighted by Gasteiger charge is 2.08. The van der Waals surface area contributed by atoms with Crippen molar-refractivity contribution in [3.05, 3.63) is 47.8 Å². The molecule has 1 heterocycles. The van der Waals surface area contributed by atoms with Gasteiger partial charge in [0.1, 0.15) is 0 Å². The molecule has 1 aromatic carbocycles. The molecule has 0 aliphatic heterocycles. The first-order valence-corrected chi connectivity index (χ1v) is 6.00. The zero-order valence-electron chi connectivity index (χ0n) is 10.9. The molecular weight excluding hydrogens is 242 g/mol. The van der Waals surface area contributed by atoms with Crippen molar-refractivity contribution in [2.45, 2.75) is 13.3 Å². The third-order valence-electron chi connectivity index (χ3n) is 2.67. The van der Waals surface area contributed by atoms with E-state index >= 15 is 0 Å². The average molecular weight is 257 g/mol. The highest BCUT2D eigenvalue weighted by atomic mass is 16.5. The fraction of sp³-hybridized carbons (Fsp3) is 0.214. The van der Waals surface area contributed by atoms with Gasteiger partial charge in [0.25, 0.3) is 0 Å². The largest absolute Gasteiger partial charge is 0.464 e. The summed E-state index contributed by atoms with van der Waals surface area (Å²) in [6.45, 7) is 2.10. The summed E-state index contributed by atoms with van der Waals surface area (Å²) in [7, 11) is 1.32. The number of hydrogen-bond acceptors (Lipinski definition) is 5. The van der Waals surface area contributed by atoms with E-state index in [1.807, 2.05) is 24.3 Å². The number of ether oxygens (including phenoxy) is 1. The van der Waals surface area contributed by atoms with Crippen molar-refractivity contribution < 1.29 is 9.53 Å². The van der Waals surface area contributed by atoms with Crippen LogP contribution in [0.3, 0.4) is 0 Å². The summed E-state index contributed by atoms with van der Waals surface area (Å²) in [5.74, 6) is -0.112. The lowest BCUT2D eigenvalue weighted by atomic mass is 10.1. The van der Waals surface area contributed by atoms with Gasteiger partial charge in [0, 0.05) is 11.9 Å². The Kier molecular flexibility index (Phi) is 4.07. The Morgan fingerprint density at radius 1 is 1.26 bits per heavy atom. The maximum Gasteiger partial charge on any atom is 0.356 e. The number of carbonyl (C=O) groups is 1. The van der Waals surface area contributed by atoms with E-state index in [4.69, 9.17) is 0 Å². The highest BCUT2D eigenvalue weighted by Crippen LogP contribution is 2.14. The van der Waals surface area contributed by atoms with Gasteiger partial charge in [-0.1, -0.05) is 19.1 Å². The Balaban J connectivity index is 2.16. The van der Waals surface area contributed by atoms with Gasteiger partial charge in [0.15, 0.2) is 5.69 Å². The second kappa shape index (κ2) is 5.95. The lowest BCUT2D eigenvalue weighted by molar-refractivity contribution is 0.0594. The smallest absolute Gasteiger partial charge is 0.356 e. The second-order valence-corrected chi connectivity index (χ2v) is 3.93. The summed E-state index contributed by atoms with van der Waals surface area (Å²) in [5, 5.41) is 3.04. The molecule has 0 atom stereocenters. The van der Waals surface area contributed by atoms with E-state index in [1.165, 1.54) is 24.9 Å². The third kappa shape index (κ3) is 3.28. The van der Waals surface area contributed by atoms with Gasteiger partial charge < -0.3 is 10.1 Å². The van der Waals surface area contributed by atoms with Crippen molar-refractivity contribution in [1.29, 1.82) is 0 Å². The van der Waals surface area contributed by atoms with Gasteiger partial charge in [-0.05, 0) is 30.2 Å². The number of rotatable bonds is 4. The van der Waals surface area contributed by atoms with Crippen molar-refractivity contribution >= 4 is 17.6 Å². The summed E-state index contributed by atoms with van der Waals surface area (Å²) in [6, 6.07) is 9.48. The molecule has 5 nitrogen and oxygen atoms in total. The molecule has 0 bridgehead atoms. The molecular formula is C14H15N3O2. The number of benzene rings is 1. The number of nitrogens with zero attached hydrogens (tertiary/aromatic N) is 2. The summed E-state index contributed by atoms with van der Waals surface area (Å²) in [6.07, 6.45) is 2.51. The van der Waals surface area contributed by atoms with Crippen molar-refractivity contribution in [3.63, 3.8) is 0 Å². The van der Waals surface area contributed by atoms with Crippen molar-refractivity contribution in [2.24, 2.45) is 0 Å². The normalized spacial score (nSPS) is 10.0. The third-order valence-corrected chi connectivity index (χ3v) is 2.67. The Labute approximate surface area is 111 Å². The molecule has 0 aliphatic carbocycles. The van der Waals surface area contributed by atoms with Gasteiger partial charge >= 0.3 is 5.97 Å². The number of carbonyl (C=O) groups excluding carboxylic acids is 1. The fourth-order valence-corrected chi connectivity index (χ4v) is 1.59.